The predicted octanol–water partition coefficient (Wildman–Crippen LogP) is 4.60. The summed E-state index contributed by atoms with van der Waals surface area (Å²) in [5.74, 6) is 0.724. The fourth-order valence-electron chi connectivity index (χ4n) is 2.09. The molecule has 0 saturated carbocycles. The molecule has 0 fully saturated rings. The van der Waals surface area contributed by atoms with Crippen LogP contribution in [0.2, 0.25) is 0 Å². The van der Waals surface area contributed by atoms with Crippen molar-refractivity contribution in [3.05, 3.63) is 52.5 Å². The molecular weight excluding hydrogens is 356 g/mol. The average Bonchev–Trinajstić information content (AvgIpc) is 2.52. The number of carbonyl (C=O) groups is 1. The molecule has 0 aliphatic carbocycles. The molecule has 23 heavy (non-hydrogen) atoms. The summed E-state index contributed by atoms with van der Waals surface area (Å²) in [6, 6.07) is 13.0. The molecule has 0 aliphatic heterocycles. The molecular formula is C18H21BrN2O2. The first kappa shape index (κ1) is 17.3. The molecule has 2 rings (SSSR count). The van der Waals surface area contributed by atoms with E-state index >= 15 is 0 Å². The zero-order valence-electron chi connectivity index (χ0n) is 13.5. The summed E-state index contributed by atoms with van der Waals surface area (Å²) >= 11 is 3.47. The van der Waals surface area contributed by atoms with Gasteiger partial charge in [-0.15, -0.1) is 0 Å². The Bertz CT molecular complexity index is 671. The van der Waals surface area contributed by atoms with Gasteiger partial charge in [-0.05, 0) is 78.7 Å². The minimum absolute atomic E-state index is 0.0940. The Balaban J connectivity index is 1.96. The number of aryl methyl sites for hydroxylation is 1. The van der Waals surface area contributed by atoms with Gasteiger partial charge in [-0.3, -0.25) is 4.79 Å². The highest BCUT2D eigenvalue weighted by atomic mass is 79.9. The minimum atomic E-state index is -0.360. The second-order valence-electron chi connectivity index (χ2n) is 5.30. The first-order valence-electron chi connectivity index (χ1n) is 7.56. The molecule has 1 unspecified atom stereocenters. The summed E-state index contributed by atoms with van der Waals surface area (Å²) in [5.41, 5.74) is 2.77. The van der Waals surface area contributed by atoms with E-state index in [0.717, 1.165) is 27.2 Å². The van der Waals surface area contributed by atoms with E-state index in [-0.39, 0.29) is 11.9 Å². The second-order valence-corrected chi connectivity index (χ2v) is 6.15. The third-order valence-corrected chi connectivity index (χ3v) is 3.98. The van der Waals surface area contributed by atoms with Crippen molar-refractivity contribution >= 4 is 33.2 Å². The normalized spacial score (nSPS) is 11.7. The van der Waals surface area contributed by atoms with Crippen molar-refractivity contribution in [1.29, 1.82) is 0 Å². The van der Waals surface area contributed by atoms with Crippen LogP contribution in [-0.2, 0) is 4.79 Å². The van der Waals surface area contributed by atoms with Gasteiger partial charge >= 0.3 is 0 Å². The average molecular weight is 377 g/mol. The molecule has 0 radical (unpaired) electrons. The Hall–Kier alpha value is -2.01. The molecule has 0 aromatic heterocycles. The molecule has 4 nitrogen and oxygen atoms in total. The summed E-state index contributed by atoms with van der Waals surface area (Å²) < 4.78 is 6.28. The summed E-state index contributed by atoms with van der Waals surface area (Å²) in [5, 5.41) is 6.10. The van der Waals surface area contributed by atoms with Crippen LogP contribution in [0.25, 0.3) is 0 Å². The second kappa shape index (κ2) is 8.02. The molecule has 1 atom stereocenters. The lowest BCUT2D eigenvalue weighted by molar-refractivity contribution is -0.116. The Labute approximate surface area is 145 Å². The Morgan fingerprint density at radius 1 is 1.22 bits per heavy atom. The van der Waals surface area contributed by atoms with E-state index in [1.807, 2.05) is 63.2 Å². The number of nitrogens with one attached hydrogen (secondary N) is 2. The monoisotopic (exact) mass is 376 g/mol. The van der Waals surface area contributed by atoms with Gasteiger partial charge in [0.1, 0.15) is 11.8 Å². The Morgan fingerprint density at radius 2 is 1.91 bits per heavy atom. The quantitative estimate of drug-likeness (QED) is 0.774. The zero-order chi connectivity index (χ0) is 16.8. The number of amides is 1. The number of anilines is 2. The van der Waals surface area contributed by atoms with Gasteiger partial charge < -0.3 is 15.4 Å². The number of rotatable bonds is 6. The largest absolute Gasteiger partial charge is 0.494 e. The van der Waals surface area contributed by atoms with Gasteiger partial charge in [-0.1, -0.05) is 6.07 Å². The number of hydrogen-bond donors (Lipinski definition) is 2. The molecule has 0 aliphatic rings. The van der Waals surface area contributed by atoms with Crippen molar-refractivity contribution in [3.63, 3.8) is 0 Å². The molecule has 0 saturated heterocycles. The van der Waals surface area contributed by atoms with Crippen molar-refractivity contribution in [2.45, 2.75) is 26.8 Å². The lowest BCUT2D eigenvalue weighted by Gasteiger charge is -2.16. The highest BCUT2D eigenvalue weighted by molar-refractivity contribution is 9.10. The van der Waals surface area contributed by atoms with Gasteiger partial charge in [-0.2, -0.15) is 0 Å². The van der Waals surface area contributed by atoms with E-state index in [4.69, 9.17) is 4.74 Å². The van der Waals surface area contributed by atoms with E-state index < -0.39 is 0 Å². The van der Waals surface area contributed by atoms with E-state index in [9.17, 15) is 4.79 Å². The van der Waals surface area contributed by atoms with Crippen LogP contribution in [0.3, 0.4) is 0 Å². The van der Waals surface area contributed by atoms with Gasteiger partial charge in [0.2, 0.25) is 5.91 Å². The molecule has 122 valence electrons. The van der Waals surface area contributed by atoms with Crippen LogP contribution in [0, 0.1) is 6.92 Å². The van der Waals surface area contributed by atoms with Crippen LogP contribution < -0.4 is 15.4 Å². The molecule has 5 heteroatoms. The van der Waals surface area contributed by atoms with E-state index in [2.05, 4.69) is 26.6 Å². The van der Waals surface area contributed by atoms with Crippen molar-refractivity contribution in [3.8, 4) is 5.75 Å². The van der Waals surface area contributed by atoms with Gasteiger partial charge in [0.15, 0.2) is 0 Å². The maximum atomic E-state index is 12.3. The fourth-order valence-corrected chi connectivity index (χ4v) is 2.68. The molecule has 2 N–H and O–H groups in total. The van der Waals surface area contributed by atoms with Crippen LogP contribution >= 0.6 is 15.9 Å². The molecule has 2 aromatic carbocycles. The summed E-state index contributed by atoms with van der Waals surface area (Å²) in [4.78, 5) is 12.3. The molecule has 0 spiro atoms. The highest BCUT2D eigenvalue weighted by Gasteiger charge is 2.14. The fraction of sp³-hybridized carbons (Fsp3) is 0.278. The standard InChI is InChI=1S/C18H21BrN2O2/c1-4-23-15-8-6-14(7-9-15)20-13(3)18(22)21-17-10-5-12(2)11-16(17)19/h5-11,13,20H,4H2,1-3H3,(H,21,22). The maximum Gasteiger partial charge on any atom is 0.246 e. The highest BCUT2D eigenvalue weighted by Crippen LogP contribution is 2.24. The third kappa shape index (κ3) is 4.99. The number of carbonyl (C=O) groups excluding carboxylic acids is 1. The number of benzene rings is 2. The van der Waals surface area contributed by atoms with Crippen LogP contribution in [0.1, 0.15) is 19.4 Å². The first-order valence-corrected chi connectivity index (χ1v) is 8.35. The van der Waals surface area contributed by atoms with Crippen LogP contribution in [0.4, 0.5) is 11.4 Å². The SMILES string of the molecule is CCOc1ccc(NC(C)C(=O)Nc2ccc(C)cc2Br)cc1. The number of hydrogen-bond acceptors (Lipinski definition) is 3. The van der Waals surface area contributed by atoms with Crippen molar-refractivity contribution in [1.82, 2.24) is 0 Å². The molecule has 2 aromatic rings. The third-order valence-electron chi connectivity index (χ3n) is 3.32. The topological polar surface area (TPSA) is 50.4 Å². The maximum absolute atomic E-state index is 12.3. The predicted molar refractivity (Wildman–Crippen MR) is 98.2 cm³/mol. The number of ether oxygens (including phenoxy) is 1. The van der Waals surface area contributed by atoms with Gasteiger partial charge in [0.25, 0.3) is 0 Å². The van der Waals surface area contributed by atoms with Crippen molar-refractivity contribution < 1.29 is 9.53 Å². The van der Waals surface area contributed by atoms with Gasteiger partial charge in [0, 0.05) is 10.2 Å². The van der Waals surface area contributed by atoms with Crippen molar-refractivity contribution in [2.75, 3.05) is 17.2 Å². The van der Waals surface area contributed by atoms with E-state index in [1.165, 1.54) is 0 Å². The zero-order valence-corrected chi connectivity index (χ0v) is 15.1. The Kier molecular flexibility index (Phi) is 6.04. The van der Waals surface area contributed by atoms with Crippen LogP contribution in [-0.4, -0.2) is 18.6 Å². The lowest BCUT2D eigenvalue weighted by Crippen LogP contribution is -2.31. The summed E-state index contributed by atoms with van der Waals surface area (Å²) in [6.45, 7) is 6.42. The molecule has 0 heterocycles. The van der Waals surface area contributed by atoms with E-state index in [1.54, 1.807) is 0 Å². The smallest absolute Gasteiger partial charge is 0.246 e. The van der Waals surface area contributed by atoms with Gasteiger partial charge in [0.05, 0.1) is 12.3 Å². The van der Waals surface area contributed by atoms with Gasteiger partial charge in [-0.25, -0.2) is 0 Å². The molecule has 1 amide bonds. The van der Waals surface area contributed by atoms with Crippen LogP contribution in [0.15, 0.2) is 46.9 Å². The Morgan fingerprint density at radius 3 is 2.52 bits per heavy atom. The first-order chi connectivity index (χ1) is 11.0. The lowest BCUT2D eigenvalue weighted by atomic mass is 10.2. The molecule has 0 bridgehead atoms. The van der Waals surface area contributed by atoms with E-state index in [0.29, 0.717) is 6.61 Å². The summed E-state index contributed by atoms with van der Waals surface area (Å²) in [7, 11) is 0. The summed E-state index contributed by atoms with van der Waals surface area (Å²) in [6.07, 6.45) is 0. The number of halogens is 1. The van der Waals surface area contributed by atoms with Crippen LogP contribution in [0.5, 0.6) is 5.75 Å². The minimum Gasteiger partial charge on any atom is -0.494 e. The van der Waals surface area contributed by atoms with Crippen molar-refractivity contribution in [2.24, 2.45) is 0 Å².